The molecule has 0 saturated heterocycles. The molecule has 1 fully saturated rings. The van der Waals surface area contributed by atoms with Crippen molar-refractivity contribution in [2.45, 2.75) is 69.4 Å². The third-order valence-electron chi connectivity index (χ3n) is 6.61. The van der Waals surface area contributed by atoms with Crippen molar-refractivity contribution in [1.29, 1.82) is 0 Å². The monoisotopic (exact) mass is 468 g/mol. The number of pyridine rings is 1. The van der Waals surface area contributed by atoms with E-state index in [0.717, 1.165) is 67.6 Å². The minimum Gasteiger partial charge on any atom is -0.362 e. The molecule has 2 N–H and O–H groups in total. The molecule has 0 aromatic carbocycles. The normalized spacial score (nSPS) is 20.1. The summed E-state index contributed by atoms with van der Waals surface area (Å²) in [6, 6.07) is 4.08. The first kappa shape index (κ1) is 23.8. The summed E-state index contributed by atoms with van der Waals surface area (Å²) < 4.78 is 0. The molecule has 2 aliphatic rings. The van der Waals surface area contributed by atoms with Crippen molar-refractivity contribution in [2.24, 2.45) is 5.92 Å². The Hall–Kier alpha value is -2.35. The lowest BCUT2D eigenvalue weighted by molar-refractivity contribution is 0.0939. The van der Waals surface area contributed by atoms with Gasteiger partial charge in [-0.05, 0) is 75.2 Å². The van der Waals surface area contributed by atoms with Crippen LogP contribution in [0.2, 0.25) is 0 Å². The van der Waals surface area contributed by atoms with E-state index in [4.69, 9.17) is 9.97 Å². The average Bonchev–Trinajstić information content (AvgIpc) is 2.83. The van der Waals surface area contributed by atoms with Gasteiger partial charge in [0.1, 0.15) is 10.8 Å². The number of amides is 1. The molecule has 2 aromatic heterocycles. The zero-order valence-electron chi connectivity index (χ0n) is 20.1. The topological polar surface area (TPSA) is 83.0 Å². The van der Waals surface area contributed by atoms with Gasteiger partial charge in [-0.1, -0.05) is 6.92 Å². The minimum absolute atomic E-state index is 0.0158. The number of rotatable bonds is 8. The van der Waals surface area contributed by atoms with Gasteiger partial charge in [0.25, 0.3) is 5.91 Å². The molecular weight excluding hydrogens is 432 g/mol. The fraction of sp³-hybridized carbons (Fsp3) is 0.600. The van der Waals surface area contributed by atoms with E-state index in [9.17, 15) is 4.79 Å². The molecule has 0 spiro atoms. The van der Waals surface area contributed by atoms with Crippen LogP contribution in [0.3, 0.4) is 0 Å². The maximum Gasteiger partial charge on any atom is 0.254 e. The van der Waals surface area contributed by atoms with Gasteiger partial charge in [0.2, 0.25) is 5.95 Å². The van der Waals surface area contributed by atoms with Crippen molar-refractivity contribution in [3.8, 4) is 0 Å². The lowest BCUT2D eigenvalue weighted by Crippen LogP contribution is -2.34. The number of thioether (sulfide) groups is 1. The highest BCUT2D eigenvalue weighted by molar-refractivity contribution is 7.99. The first-order valence-corrected chi connectivity index (χ1v) is 13.2. The molecule has 2 aliphatic carbocycles. The smallest absolute Gasteiger partial charge is 0.254 e. The van der Waals surface area contributed by atoms with Crippen molar-refractivity contribution in [2.75, 3.05) is 36.6 Å². The highest BCUT2D eigenvalue weighted by atomic mass is 32.2. The molecule has 0 atom stereocenters. The van der Waals surface area contributed by atoms with Crippen LogP contribution in [-0.4, -0.2) is 53.3 Å². The Morgan fingerprint density at radius 3 is 2.70 bits per heavy atom. The number of anilines is 2. The molecule has 2 aromatic rings. The molecule has 4 rings (SSSR count). The van der Waals surface area contributed by atoms with Gasteiger partial charge in [-0.3, -0.25) is 4.79 Å². The molecule has 1 saturated carbocycles. The van der Waals surface area contributed by atoms with Crippen molar-refractivity contribution in [1.82, 2.24) is 20.3 Å². The molecule has 1 amide bonds. The van der Waals surface area contributed by atoms with Crippen LogP contribution in [-0.2, 0) is 12.8 Å². The van der Waals surface area contributed by atoms with Gasteiger partial charge in [-0.25, -0.2) is 9.97 Å². The second kappa shape index (κ2) is 11.2. The largest absolute Gasteiger partial charge is 0.362 e. The summed E-state index contributed by atoms with van der Waals surface area (Å²) >= 11 is 1.61. The summed E-state index contributed by atoms with van der Waals surface area (Å²) in [6.07, 6.45) is 10.6. The van der Waals surface area contributed by atoms with E-state index in [1.165, 1.54) is 24.1 Å². The fourth-order valence-electron chi connectivity index (χ4n) is 4.85. The molecule has 2 heterocycles. The number of hydrogen-bond acceptors (Lipinski definition) is 7. The van der Waals surface area contributed by atoms with Crippen LogP contribution in [0.15, 0.2) is 23.4 Å². The molecular formula is C25H36N6OS. The van der Waals surface area contributed by atoms with Gasteiger partial charge in [0, 0.05) is 38.4 Å². The lowest BCUT2D eigenvalue weighted by Gasteiger charge is -2.30. The second-order valence-electron chi connectivity index (χ2n) is 9.26. The van der Waals surface area contributed by atoms with Crippen molar-refractivity contribution in [3.05, 3.63) is 35.2 Å². The average molecular weight is 469 g/mol. The van der Waals surface area contributed by atoms with Crippen LogP contribution >= 0.6 is 11.8 Å². The number of nitrogens with one attached hydrogen (secondary N) is 2. The summed E-state index contributed by atoms with van der Waals surface area (Å²) in [6.45, 7) is 2.79. The number of aromatic nitrogens is 3. The zero-order chi connectivity index (χ0) is 23.2. The second-order valence-corrected chi connectivity index (χ2v) is 10.5. The third kappa shape index (κ3) is 5.96. The van der Waals surface area contributed by atoms with Crippen molar-refractivity contribution < 1.29 is 4.79 Å². The first-order valence-electron chi connectivity index (χ1n) is 12.2. The van der Waals surface area contributed by atoms with E-state index in [1.807, 2.05) is 12.1 Å². The van der Waals surface area contributed by atoms with E-state index < -0.39 is 0 Å². The summed E-state index contributed by atoms with van der Waals surface area (Å²) in [5.41, 5.74) is 3.22. The molecule has 178 valence electrons. The Bertz CT molecular complexity index is 958. The maximum absolute atomic E-state index is 12.7. The Morgan fingerprint density at radius 1 is 1.15 bits per heavy atom. The van der Waals surface area contributed by atoms with Crippen LogP contribution in [0.1, 0.15) is 67.1 Å². The Labute approximate surface area is 201 Å². The number of carbonyl (C=O) groups excluding carboxylic acids is 1. The third-order valence-corrected chi connectivity index (χ3v) is 7.50. The highest BCUT2D eigenvalue weighted by Gasteiger charge is 2.24. The SMILES string of the molecule is CCSc1ncccc1C(=O)NC[C@H]1CC[C@@H](Nc2nc3c(c(N(C)C)n2)CCCC3)CC1. The molecule has 0 aliphatic heterocycles. The number of hydrogen-bond donors (Lipinski definition) is 2. The molecule has 8 heteroatoms. The fourth-order valence-corrected chi connectivity index (χ4v) is 5.57. The molecule has 0 unspecified atom stereocenters. The van der Waals surface area contributed by atoms with Gasteiger partial charge >= 0.3 is 0 Å². The number of aryl methyl sites for hydroxylation is 1. The van der Waals surface area contributed by atoms with Crippen LogP contribution in [0.25, 0.3) is 0 Å². The van der Waals surface area contributed by atoms with Crippen LogP contribution < -0.4 is 15.5 Å². The van der Waals surface area contributed by atoms with E-state index in [-0.39, 0.29) is 5.91 Å². The highest BCUT2D eigenvalue weighted by Crippen LogP contribution is 2.30. The summed E-state index contributed by atoms with van der Waals surface area (Å²) in [5, 5.41) is 7.57. The van der Waals surface area contributed by atoms with Crippen LogP contribution in [0.5, 0.6) is 0 Å². The van der Waals surface area contributed by atoms with Gasteiger partial charge in [-0.2, -0.15) is 4.98 Å². The van der Waals surface area contributed by atoms with E-state index in [1.54, 1.807) is 18.0 Å². The number of carbonyl (C=O) groups is 1. The van der Waals surface area contributed by atoms with Crippen molar-refractivity contribution in [3.63, 3.8) is 0 Å². The van der Waals surface area contributed by atoms with Gasteiger partial charge in [-0.15, -0.1) is 11.8 Å². The predicted molar refractivity (Wildman–Crippen MR) is 135 cm³/mol. The molecule has 0 radical (unpaired) electrons. The summed E-state index contributed by atoms with van der Waals surface area (Å²) in [7, 11) is 4.13. The molecule has 33 heavy (non-hydrogen) atoms. The van der Waals surface area contributed by atoms with E-state index in [2.05, 4.69) is 41.5 Å². The summed E-state index contributed by atoms with van der Waals surface area (Å²) in [5.74, 6) is 3.23. The standard InChI is InChI=1S/C25H36N6OS/c1-4-33-24-20(9-7-15-26-24)23(32)27-16-17-11-13-18(14-12-17)28-25-29-21-10-6-5-8-19(21)22(30-25)31(2)3/h7,9,15,17-18H,4-6,8,10-14,16H2,1-3H3,(H,27,32)(H,28,29,30)/t17-,18+. The Kier molecular flexibility index (Phi) is 8.06. The molecule has 0 bridgehead atoms. The number of nitrogens with zero attached hydrogens (tertiary/aromatic N) is 4. The Balaban J connectivity index is 1.29. The number of fused-ring (bicyclic) bond motifs is 1. The van der Waals surface area contributed by atoms with Gasteiger partial charge in [0.15, 0.2) is 0 Å². The molecule has 7 nitrogen and oxygen atoms in total. The zero-order valence-corrected chi connectivity index (χ0v) is 20.9. The summed E-state index contributed by atoms with van der Waals surface area (Å²) in [4.78, 5) is 28.9. The quantitative estimate of drug-likeness (QED) is 0.558. The van der Waals surface area contributed by atoms with Crippen LogP contribution in [0.4, 0.5) is 11.8 Å². The minimum atomic E-state index is -0.0158. The van der Waals surface area contributed by atoms with E-state index >= 15 is 0 Å². The first-order chi connectivity index (χ1) is 16.0. The van der Waals surface area contributed by atoms with Crippen molar-refractivity contribution >= 4 is 29.4 Å². The van der Waals surface area contributed by atoms with Gasteiger partial charge < -0.3 is 15.5 Å². The maximum atomic E-state index is 12.7. The lowest BCUT2D eigenvalue weighted by atomic mass is 9.86. The predicted octanol–water partition coefficient (Wildman–Crippen LogP) is 4.33. The van der Waals surface area contributed by atoms with E-state index in [0.29, 0.717) is 17.5 Å². The van der Waals surface area contributed by atoms with Crippen LogP contribution in [0, 0.1) is 5.92 Å². The van der Waals surface area contributed by atoms with Gasteiger partial charge in [0.05, 0.1) is 11.3 Å². The Morgan fingerprint density at radius 2 is 1.94 bits per heavy atom.